The Morgan fingerprint density at radius 2 is 1.91 bits per heavy atom. The highest BCUT2D eigenvalue weighted by Crippen LogP contribution is 2.17. The van der Waals surface area contributed by atoms with E-state index in [1.54, 1.807) is 12.1 Å². The summed E-state index contributed by atoms with van der Waals surface area (Å²) in [6.45, 7) is 3.84. The van der Waals surface area contributed by atoms with Crippen LogP contribution in [0.2, 0.25) is 0 Å². The number of hydrogen-bond acceptors (Lipinski definition) is 1. The van der Waals surface area contributed by atoms with Crippen molar-refractivity contribution in [3.63, 3.8) is 0 Å². The first kappa shape index (κ1) is 8.34. The van der Waals surface area contributed by atoms with Crippen molar-refractivity contribution in [1.29, 1.82) is 0 Å². The SMILES string of the molecule is C=C(CBr)c1ccc(O)cc1. The number of hydrogen-bond donors (Lipinski definition) is 1. The van der Waals surface area contributed by atoms with Crippen molar-refractivity contribution in [3.05, 3.63) is 36.4 Å². The summed E-state index contributed by atoms with van der Waals surface area (Å²) in [6, 6.07) is 7.00. The zero-order chi connectivity index (χ0) is 8.27. The molecule has 0 radical (unpaired) electrons. The molecule has 0 aromatic heterocycles. The first-order valence-corrected chi connectivity index (χ1v) is 4.39. The molecule has 0 aliphatic rings. The molecule has 0 saturated carbocycles. The zero-order valence-corrected chi connectivity index (χ0v) is 7.63. The normalized spacial score (nSPS) is 9.55. The minimum atomic E-state index is 0.288. The van der Waals surface area contributed by atoms with Gasteiger partial charge in [0.25, 0.3) is 0 Å². The van der Waals surface area contributed by atoms with Crippen molar-refractivity contribution in [3.8, 4) is 5.75 Å². The Morgan fingerprint density at radius 1 is 1.36 bits per heavy atom. The van der Waals surface area contributed by atoms with Crippen LogP contribution in [0.25, 0.3) is 5.57 Å². The first-order chi connectivity index (χ1) is 5.24. The number of allylic oxidation sites excluding steroid dienone is 1. The van der Waals surface area contributed by atoms with Crippen LogP contribution in [0.1, 0.15) is 5.56 Å². The fourth-order valence-electron chi connectivity index (χ4n) is 0.774. The van der Waals surface area contributed by atoms with Gasteiger partial charge in [-0.3, -0.25) is 0 Å². The molecule has 0 aliphatic carbocycles. The second kappa shape index (κ2) is 3.58. The fraction of sp³-hybridized carbons (Fsp3) is 0.111. The van der Waals surface area contributed by atoms with Crippen molar-refractivity contribution < 1.29 is 5.11 Å². The standard InChI is InChI=1S/C9H9BrO/c1-7(6-10)8-2-4-9(11)5-3-8/h2-5,11H,1,6H2. The molecule has 0 amide bonds. The third-order valence-corrected chi connectivity index (χ3v) is 2.11. The lowest BCUT2D eigenvalue weighted by molar-refractivity contribution is 0.475. The summed E-state index contributed by atoms with van der Waals surface area (Å²) >= 11 is 3.31. The Balaban J connectivity index is 2.90. The van der Waals surface area contributed by atoms with Gasteiger partial charge in [-0.15, -0.1) is 0 Å². The van der Waals surface area contributed by atoms with E-state index < -0.39 is 0 Å². The number of alkyl halides is 1. The van der Waals surface area contributed by atoms with E-state index in [9.17, 15) is 0 Å². The molecule has 1 nitrogen and oxygen atoms in total. The minimum absolute atomic E-state index is 0.288. The highest BCUT2D eigenvalue weighted by Gasteiger charge is 1.95. The summed E-state index contributed by atoms with van der Waals surface area (Å²) in [5.41, 5.74) is 2.07. The summed E-state index contributed by atoms with van der Waals surface area (Å²) < 4.78 is 0. The lowest BCUT2D eigenvalue weighted by Gasteiger charge is -2.00. The Bertz CT molecular complexity index is 251. The molecule has 0 saturated heterocycles. The van der Waals surface area contributed by atoms with Crippen LogP contribution in [0.3, 0.4) is 0 Å². The molecule has 0 unspecified atom stereocenters. The van der Waals surface area contributed by atoms with E-state index in [-0.39, 0.29) is 5.75 Å². The molecule has 0 atom stereocenters. The van der Waals surface area contributed by atoms with Crippen LogP contribution in [-0.2, 0) is 0 Å². The van der Waals surface area contributed by atoms with Crippen LogP contribution in [0.5, 0.6) is 5.75 Å². The third kappa shape index (κ3) is 2.09. The molecule has 0 heterocycles. The zero-order valence-electron chi connectivity index (χ0n) is 6.05. The van der Waals surface area contributed by atoms with Crippen molar-refractivity contribution >= 4 is 21.5 Å². The molecule has 0 spiro atoms. The van der Waals surface area contributed by atoms with Gasteiger partial charge in [0, 0.05) is 5.33 Å². The van der Waals surface area contributed by atoms with Gasteiger partial charge >= 0.3 is 0 Å². The number of phenolic OH excluding ortho intramolecular Hbond substituents is 1. The molecule has 0 fully saturated rings. The maximum Gasteiger partial charge on any atom is 0.115 e. The van der Waals surface area contributed by atoms with Crippen molar-refractivity contribution in [2.24, 2.45) is 0 Å². The summed E-state index contributed by atoms with van der Waals surface area (Å²) in [7, 11) is 0. The van der Waals surface area contributed by atoms with Gasteiger partial charge < -0.3 is 5.11 Å². The Hall–Kier alpha value is -0.760. The van der Waals surface area contributed by atoms with Crippen LogP contribution >= 0.6 is 15.9 Å². The highest BCUT2D eigenvalue weighted by atomic mass is 79.9. The lowest BCUT2D eigenvalue weighted by atomic mass is 10.1. The minimum Gasteiger partial charge on any atom is -0.508 e. The van der Waals surface area contributed by atoms with Crippen LogP contribution in [0.15, 0.2) is 30.8 Å². The van der Waals surface area contributed by atoms with Gasteiger partial charge in [-0.1, -0.05) is 34.6 Å². The second-order valence-corrected chi connectivity index (χ2v) is 2.84. The monoisotopic (exact) mass is 212 g/mol. The maximum atomic E-state index is 8.97. The molecule has 58 valence electrons. The molecule has 0 aliphatic heterocycles. The first-order valence-electron chi connectivity index (χ1n) is 3.27. The highest BCUT2D eigenvalue weighted by molar-refractivity contribution is 9.09. The van der Waals surface area contributed by atoms with Gasteiger partial charge in [-0.25, -0.2) is 0 Å². The number of phenols is 1. The van der Waals surface area contributed by atoms with Crippen LogP contribution in [-0.4, -0.2) is 10.4 Å². The van der Waals surface area contributed by atoms with E-state index in [0.717, 1.165) is 16.5 Å². The molecule has 1 N–H and O–H groups in total. The Kier molecular flexibility index (Phi) is 2.71. The second-order valence-electron chi connectivity index (χ2n) is 2.28. The van der Waals surface area contributed by atoms with E-state index in [4.69, 9.17) is 5.11 Å². The summed E-state index contributed by atoms with van der Waals surface area (Å²) in [4.78, 5) is 0. The van der Waals surface area contributed by atoms with Gasteiger partial charge in [-0.05, 0) is 23.3 Å². The number of benzene rings is 1. The van der Waals surface area contributed by atoms with Gasteiger partial charge in [0.2, 0.25) is 0 Å². The van der Waals surface area contributed by atoms with Gasteiger partial charge in [0.05, 0.1) is 0 Å². The van der Waals surface area contributed by atoms with Crippen LogP contribution < -0.4 is 0 Å². The average molecular weight is 213 g/mol. The molecule has 11 heavy (non-hydrogen) atoms. The van der Waals surface area contributed by atoms with E-state index in [1.807, 2.05) is 12.1 Å². The number of halogens is 1. The van der Waals surface area contributed by atoms with Crippen molar-refractivity contribution in [2.45, 2.75) is 0 Å². The van der Waals surface area contributed by atoms with Crippen LogP contribution in [0.4, 0.5) is 0 Å². The maximum absolute atomic E-state index is 8.97. The summed E-state index contributed by atoms with van der Waals surface area (Å²) in [5.74, 6) is 0.288. The van der Waals surface area contributed by atoms with Gasteiger partial charge in [0.1, 0.15) is 5.75 Å². The largest absolute Gasteiger partial charge is 0.508 e. The molecule has 1 aromatic rings. The van der Waals surface area contributed by atoms with E-state index in [2.05, 4.69) is 22.5 Å². The number of aromatic hydroxyl groups is 1. The van der Waals surface area contributed by atoms with Crippen LogP contribution in [0, 0.1) is 0 Å². The van der Waals surface area contributed by atoms with E-state index in [1.165, 1.54) is 0 Å². The molecule has 1 rings (SSSR count). The number of rotatable bonds is 2. The molecule has 2 heteroatoms. The lowest BCUT2D eigenvalue weighted by Crippen LogP contribution is -1.81. The predicted molar refractivity (Wildman–Crippen MR) is 50.9 cm³/mol. The summed E-state index contributed by atoms with van der Waals surface area (Å²) in [5, 5.41) is 9.73. The van der Waals surface area contributed by atoms with Gasteiger partial charge in [-0.2, -0.15) is 0 Å². The average Bonchev–Trinajstić information content (AvgIpc) is 2.05. The molecular weight excluding hydrogens is 204 g/mol. The predicted octanol–water partition coefficient (Wildman–Crippen LogP) is 2.80. The van der Waals surface area contributed by atoms with E-state index >= 15 is 0 Å². The van der Waals surface area contributed by atoms with Crippen molar-refractivity contribution in [2.75, 3.05) is 5.33 Å². The molecular formula is C9H9BrO. The quantitative estimate of drug-likeness (QED) is 0.749. The summed E-state index contributed by atoms with van der Waals surface area (Å²) in [6.07, 6.45) is 0. The van der Waals surface area contributed by atoms with E-state index in [0.29, 0.717) is 0 Å². The molecule has 0 bridgehead atoms. The Labute approximate surface area is 74.5 Å². The van der Waals surface area contributed by atoms with Gasteiger partial charge in [0.15, 0.2) is 0 Å². The smallest absolute Gasteiger partial charge is 0.115 e. The third-order valence-electron chi connectivity index (χ3n) is 1.44. The van der Waals surface area contributed by atoms with Crippen molar-refractivity contribution in [1.82, 2.24) is 0 Å². The fourth-order valence-corrected chi connectivity index (χ4v) is 1.10. The topological polar surface area (TPSA) is 20.2 Å². The Morgan fingerprint density at radius 3 is 2.36 bits per heavy atom. The molecule has 1 aromatic carbocycles.